The molecular formula is C15H25N3O. The molecule has 0 spiro atoms. The van der Waals surface area contributed by atoms with Gasteiger partial charge in [0.2, 0.25) is 0 Å². The Balaban J connectivity index is 2.32. The Morgan fingerprint density at radius 2 is 2.16 bits per heavy atom. The van der Waals surface area contributed by atoms with Crippen molar-refractivity contribution in [3.8, 4) is 0 Å². The minimum atomic E-state index is -0.0131. The molecule has 1 aliphatic rings. The first kappa shape index (κ1) is 14.3. The van der Waals surface area contributed by atoms with Gasteiger partial charge < -0.3 is 10.0 Å². The summed E-state index contributed by atoms with van der Waals surface area (Å²) in [5.41, 5.74) is 1.79. The number of aromatic nitrogens is 2. The highest BCUT2D eigenvalue weighted by Gasteiger charge is 2.21. The number of nitrogens with zero attached hydrogens (tertiary/aromatic N) is 3. The number of anilines is 1. The summed E-state index contributed by atoms with van der Waals surface area (Å²) in [6, 6.07) is 0.501. The zero-order chi connectivity index (χ0) is 13.8. The highest BCUT2D eigenvalue weighted by molar-refractivity contribution is 5.50. The number of hydrogen-bond donors (Lipinski definition) is 1. The maximum Gasteiger partial charge on any atom is 0.131 e. The Kier molecular flexibility index (Phi) is 4.75. The first-order chi connectivity index (χ1) is 9.13. The molecular weight excluding hydrogens is 238 g/mol. The van der Waals surface area contributed by atoms with Gasteiger partial charge in [0.25, 0.3) is 0 Å². The fourth-order valence-corrected chi connectivity index (χ4v) is 2.69. The molecule has 0 saturated carbocycles. The van der Waals surface area contributed by atoms with Gasteiger partial charge in [-0.05, 0) is 19.8 Å². The van der Waals surface area contributed by atoms with Crippen LogP contribution in [0.1, 0.15) is 63.9 Å². The molecule has 0 bridgehead atoms. The van der Waals surface area contributed by atoms with E-state index in [1.807, 2.05) is 6.20 Å². The molecule has 1 unspecified atom stereocenters. The topological polar surface area (TPSA) is 49.2 Å². The van der Waals surface area contributed by atoms with E-state index in [-0.39, 0.29) is 6.61 Å². The summed E-state index contributed by atoms with van der Waals surface area (Å²) >= 11 is 0. The van der Waals surface area contributed by atoms with Gasteiger partial charge >= 0.3 is 0 Å². The minimum Gasteiger partial charge on any atom is -0.390 e. The summed E-state index contributed by atoms with van der Waals surface area (Å²) in [6.45, 7) is 7.43. The predicted molar refractivity (Wildman–Crippen MR) is 77.3 cm³/mol. The van der Waals surface area contributed by atoms with E-state index in [0.717, 1.165) is 23.8 Å². The van der Waals surface area contributed by atoms with Crippen LogP contribution < -0.4 is 4.90 Å². The largest absolute Gasteiger partial charge is 0.390 e. The van der Waals surface area contributed by atoms with Crippen molar-refractivity contribution in [1.29, 1.82) is 0 Å². The zero-order valence-corrected chi connectivity index (χ0v) is 12.3. The molecule has 4 heteroatoms. The Labute approximate surface area is 115 Å². The second-order valence-corrected chi connectivity index (χ2v) is 5.76. The smallest absolute Gasteiger partial charge is 0.131 e. The third-order valence-corrected chi connectivity index (χ3v) is 3.89. The average molecular weight is 263 g/mol. The van der Waals surface area contributed by atoms with Gasteiger partial charge in [-0.25, -0.2) is 9.97 Å². The summed E-state index contributed by atoms with van der Waals surface area (Å²) in [5.74, 6) is 1.11. The highest BCUT2D eigenvalue weighted by Crippen LogP contribution is 2.26. The van der Waals surface area contributed by atoms with Gasteiger partial charge in [0, 0.05) is 18.5 Å². The molecule has 1 N–H and O–H groups in total. The Hall–Kier alpha value is -1.16. The molecule has 1 aliphatic heterocycles. The third-order valence-electron chi connectivity index (χ3n) is 3.89. The zero-order valence-electron chi connectivity index (χ0n) is 12.3. The number of rotatable bonds is 3. The molecule has 1 saturated heterocycles. The fraction of sp³-hybridized carbons (Fsp3) is 0.733. The van der Waals surface area contributed by atoms with Crippen LogP contribution in [0.4, 0.5) is 5.69 Å². The molecule has 2 heterocycles. The fourth-order valence-electron chi connectivity index (χ4n) is 2.69. The molecule has 2 rings (SSSR count). The molecule has 4 nitrogen and oxygen atoms in total. The van der Waals surface area contributed by atoms with Gasteiger partial charge in [0.05, 0.1) is 24.2 Å². The molecule has 106 valence electrons. The SMILES string of the molecule is CC(C)c1ncc(N2CCCCCC2C)c(CO)n1. The molecule has 0 radical (unpaired) electrons. The standard InChI is InChI=1S/C15H25N3O/c1-11(2)15-16-9-14(13(10-19)17-15)18-8-6-4-5-7-12(18)3/h9,11-12,19H,4-8,10H2,1-3H3. The van der Waals surface area contributed by atoms with E-state index in [4.69, 9.17) is 0 Å². The van der Waals surface area contributed by atoms with Crippen molar-refractivity contribution < 1.29 is 5.11 Å². The first-order valence-electron chi connectivity index (χ1n) is 7.36. The molecule has 19 heavy (non-hydrogen) atoms. The maximum absolute atomic E-state index is 9.59. The monoisotopic (exact) mass is 263 g/mol. The molecule has 1 aromatic heterocycles. The summed E-state index contributed by atoms with van der Waals surface area (Å²) in [5, 5.41) is 9.59. The van der Waals surface area contributed by atoms with Crippen molar-refractivity contribution >= 4 is 5.69 Å². The second-order valence-electron chi connectivity index (χ2n) is 5.76. The molecule has 0 amide bonds. The van der Waals surface area contributed by atoms with Crippen molar-refractivity contribution in [3.63, 3.8) is 0 Å². The summed E-state index contributed by atoms with van der Waals surface area (Å²) in [6.07, 6.45) is 6.89. The normalized spacial score (nSPS) is 20.7. The van der Waals surface area contributed by atoms with E-state index >= 15 is 0 Å². The van der Waals surface area contributed by atoms with Crippen molar-refractivity contribution in [1.82, 2.24) is 9.97 Å². The summed E-state index contributed by atoms with van der Waals surface area (Å²) in [7, 11) is 0. The summed E-state index contributed by atoms with van der Waals surface area (Å²) in [4.78, 5) is 11.4. The van der Waals surface area contributed by atoms with E-state index < -0.39 is 0 Å². The third kappa shape index (κ3) is 3.24. The van der Waals surface area contributed by atoms with E-state index in [1.165, 1.54) is 25.7 Å². The van der Waals surface area contributed by atoms with Crippen LogP contribution in [0.25, 0.3) is 0 Å². The van der Waals surface area contributed by atoms with Crippen LogP contribution in [0.5, 0.6) is 0 Å². The van der Waals surface area contributed by atoms with Crippen LogP contribution in [-0.4, -0.2) is 27.7 Å². The molecule has 0 aliphatic carbocycles. The number of hydrogen-bond acceptors (Lipinski definition) is 4. The number of aliphatic hydroxyl groups excluding tert-OH is 1. The van der Waals surface area contributed by atoms with E-state index in [1.54, 1.807) is 0 Å². The van der Waals surface area contributed by atoms with Crippen LogP contribution in [0.15, 0.2) is 6.20 Å². The Morgan fingerprint density at radius 3 is 2.84 bits per heavy atom. The van der Waals surface area contributed by atoms with Gasteiger partial charge in [0.1, 0.15) is 5.82 Å². The average Bonchev–Trinajstić information content (AvgIpc) is 2.62. The molecule has 1 aromatic rings. The van der Waals surface area contributed by atoms with Gasteiger partial charge in [-0.2, -0.15) is 0 Å². The highest BCUT2D eigenvalue weighted by atomic mass is 16.3. The van der Waals surface area contributed by atoms with E-state index in [9.17, 15) is 5.11 Å². The van der Waals surface area contributed by atoms with Crippen LogP contribution >= 0.6 is 0 Å². The van der Waals surface area contributed by atoms with Crippen LogP contribution in [0.3, 0.4) is 0 Å². The quantitative estimate of drug-likeness (QED) is 0.911. The predicted octanol–water partition coefficient (Wildman–Crippen LogP) is 2.86. The van der Waals surface area contributed by atoms with Gasteiger partial charge in [0.15, 0.2) is 0 Å². The Bertz CT molecular complexity index is 420. The van der Waals surface area contributed by atoms with Crippen molar-refractivity contribution in [3.05, 3.63) is 17.7 Å². The molecule has 0 aromatic carbocycles. The Morgan fingerprint density at radius 1 is 1.37 bits per heavy atom. The summed E-state index contributed by atoms with van der Waals surface area (Å²) < 4.78 is 0. The second kappa shape index (κ2) is 6.33. The van der Waals surface area contributed by atoms with Crippen LogP contribution in [0, 0.1) is 0 Å². The lowest BCUT2D eigenvalue weighted by Gasteiger charge is -2.30. The van der Waals surface area contributed by atoms with E-state index in [0.29, 0.717) is 12.0 Å². The maximum atomic E-state index is 9.59. The van der Waals surface area contributed by atoms with Gasteiger partial charge in [-0.1, -0.05) is 26.7 Å². The first-order valence-corrected chi connectivity index (χ1v) is 7.36. The van der Waals surface area contributed by atoms with Crippen LogP contribution in [0.2, 0.25) is 0 Å². The van der Waals surface area contributed by atoms with Crippen molar-refractivity contribution in [2.24, 2.45) is 0 Å². The van der Waals surface area contributed by atoms with Crippen molar-refractivity contribution in [2.45, 2.75) is 65.0 Å². The lowest BCUT2D eigenvalue weighted by molar-refractivity contribution is 0.276. The molecule has 1 atom stereocenters. The lowest BCUT2D eigenvalue weighted by Crippen LogP contribution is -2.33. The van der Waals surface area contributed by atoms with E-state index in [2.05, 4.69) is 35.6 Å². The van der Waals surface area contributed by atoms with Gasteiger partial charge in [-0.3, -0.25) is 0 Å². The van der Waals surface area contributed by atoms with Crippen molar-refractivity contribution in [2.75, 3.05) is 11.4 Å². The molecule has 1 fully saturated rings. The lowest BCUT2D eigenvalue weighted by atomic mass is 10.1. The minimum absolute atomic E-state index is 0.0131. The van der Waals surface area contributed by atoms with Crippen LogP contribution in [-0.2, 0) is 6.61 Å². The number of aliphatic hydroxyl groups is 1. The van der Waals surface area contributed by atoms with Gasteiger partial charge in [-0.15, -0.1) is 0 Å².